The number of aromatic nitrogens is 8. The van der Waals surface area contributed by atoms with E-state index >= 15 is 0 Å². The number of pyridine rings is 2. The van der Waals surface area contributed by atoms with Crippen LogP contribution in [0.2, 0.25) is 0 Å². The van der Waals surface area contributed by atoms with Crippen LogP contribution in [0.1, 0.15) is 25.6 Å². The van der Waals surface area contributed by atoms with Crippen molar-refractivity contribution in [1.29, 1.82) is 0 Å². The van der Waals surface area contributed by atoms with E-state index in [0.29, 0.717) is 5.65 Å². The molecule has 6 rings (SSSR count). The molecule has 5 aromatic heterocycles. The molecule has 6 aromatic rings. The third kappa shape index (κ3) is 3.49. The van der Waals surface area contributed by atoms with Crippen LogP contribution < -0.4 is 0 Å². The van der Waals surface area contributed by atoms with E-state index in [1.165, 1.54) is 0 Å². The van der Waals surface area contributed by atoms with Crippen molar-refractivity contribution in [2.24, 2.45) is 14.1 Å². The molecule has 5 heterocycles. The Labute approximate surface area is 203 Å². The first-order valence-electron chi connectivity index (χ1n) is 11.9. The van der Waals surface area contributed by atoms with Gasteiger partial charge in [-0.3, -0.25) is 4.57 Å². The number of rotatable bonds is 6. The van der Waals surface area contributed by atoms with Crippen molar-refractivity contribution in [3.63, 3.8) is 0 Å². The third-order valence-corrected chi connectivity index (χ3v) is 6.39. The second kappa shape index (κ2) is 8.47. The van der Waals surface area contributed by atoms with E-state index in [-0.39, 0.29) is 0 Å². The molecule has 0 amide bonds. The molecule has 0 saturated heterocycles. The zero-order valence-corrected chi connectivity index (χ0v) is 20.0. The Bertz CT molecular complexity index is 1660. The Morgan fingerprint density at radius 2 is 1.49 bits per heavy atom. The van der Waals surface area contributed by atoms with Crippen molar-refractivity contribution in [2.75, 3.05) is 0 Å². The molecule has 8 nitrogen and oxygen atoms in total. The van der Waals surface area contributed by atoms with Gasteiger partial charge in [-0.1, -0.05) is 37.6 Å². The van der Waals surface area contributed by atoms with Crippen LogP contribution in [0.15, 0.2) is 66.9 Å². The van der Waals surface area contributed by atoms with Gasteiger partial charge in [-0.25, -0.2) is 24.9 Å². The number of aryl methyl sites for hydroxylation is 3. The SMILES string of the molecule is CCCCc1nc2nc(-c3cccc(-c4nc5ncccc5n4-c4ccccc4)n3)n(C)c2n1C. The molecule has 0 aliphatic heterocycles. The van der Waals surface area contributed by atoms with Crippen molar-refractivity contribution in [2.45, 2.75) is 26.2 Å². The highest BCUT2D eigenvalue weighted by Crippen LogP contribution is 2.29. The molecule has 0 aliphatic rings. The first-order valence-corrected chi connectivity index (χ1v) is 11.9. The number of imidazole rings is 3. The Morgan fingerprint density at radius 1 is 0.714 bits per heavy atom. The standard InChI is InChI=1S/C27H26N8/c1-4-5-16-22-30-24-27(33(22)2)34(3)25(32-24)19-13-9-14-20(29-19)26-31-23-21(15-10-17-28-23)35(26)18-11-7-6-8-12-18/h6-15,17H,4-5,16H2,1-3H3. The summed E-state index contributed by atoms with van der Waals surface area (Å²) in [6, 6.07) is 20.1. The minimum Gasteiger partial charge on any atom is -0.316 e. The lowest BCUT2D eigenvalue weighted by atomic mass is 10.2. The van der Waals surface area contributed by atoms with Crippen molar-refractivity contribution in [1.82, 2.24) is 38.6 Å². The van der Waals surface area contributed by atoms with Crippen LogP contribution >= 0.6 is 0 Å². The molecule has 0 N–H and O–H groups in total. The van der Waals surface area contributed by atoms with Crippen LogP contribution in [0.4, 0.5) is 0 Å². The molecule has 35 heavy (non-hydrogen) atoms. The Kier molecular flexibility index (Phi) is 5.13. The minimum atomic E-state index is 0.685. The van der Waals surface area contributed by atoms with Gasteiger partial charge in [-0.2, -0.15) is 0 Å². The molecule has 0 spiro atoms. The summed E-state index contributed by atoms with van der Waals surface area (Å²) in [5.41, 5.74) is 5.92. The third-order valence-electron chi connectivity index (χ3n) is 6.39. The maximum Gasteiger partial charge on any atom is 0.197 e. The van der Waals surface area contributed by atoms with Gasteiger partial charge in [-0.15, -0.1) is 0 Å². The molecule has 0 atom stereocenters. The molecule has 0 aliphatic carbocycles. The number of nitrogens with zero attached hydrogens (tertiary/aromatic N) is 8. The molecule has 0 radical (unpaired) electrons. The maximum atomic E-state index is 5.00. The van der Waals surface area contributed by atoms with Gasteiger partial charge in [0.15, 0.2) is 28.6 Å². The smallest absolute Gasteiger partial charge is 0.197 e. The zero-order valence-electron chi connectivity index (χ0n) is 20.0. The fourth-order valence-electron chi connectivity index (χ4n) is 4.64. The largest absolute Gasteiger partial charge is 0.316 e. The average molecular weight is 463 g/mol. The summed E-state index contributed by atoms with van der Waals surface area (Å²) in [6.07, 6.45) is 4.97. The maximum absolute atomic E-state index is 5.00. The summed E-state index contributed by atoms with van der Waals surface area (Å²) < 4.78 is 6.32. The van der Waals surface area contributed by atoms with E-state index in [1.807, 2.05) is 55.6 Å². The van der Waals surface area contributed by atoms with Crippen molar-refractivity contribution >= 4 is 22.5 Å². The highest BCUT2D eigenvalue weighted by molar-refractivity contribution is 5.80. The van der Waals surface area contributed by atoms with E-state index in [1.54, 1.807) is 6.20 Å². The van der Waals surface area contributed by atoms with Gasteiger partial charge in [-0.05, 0) is 42.8 Å². The quantitative estimate of drug-likeness (QED) is 0.344. The summed E-state index contributed by atoms with van der Waals surface area (Å²) in [5.74, 6) is 2.59. The molecule has 174 valence electrons. The van der Waals surface area contributed by atoms with Gasteiger partial charge in [0, 0.05) is 32.4 Å². The van der Waals surface area contributed by atoms with E-state index in [9.17, 15) is 0 Å². The van der Waals surface area contributed by atoms with Gasteiger partial charge in [0.2, 0.25) is 0 Å². The second-order valence-electron chi connectivity index (χ2n) is 8.69. The summed E-state index contributed by atoms with van der Waals surface area (Å²) >= 11 is 0. The van der Waals surface area contributed by atoms with Gasteiger partial charge in [0.25, 0.3) is 0 Å². The highest BCUT2D eigenvalue weighted by atomic mass is 15.2. The normalized spacial score (nSPS) is 11.6. The molecule has 0 bridgehead atoms. The van der Waals surface area contributed by atoms with Crippen LogP contribution in [0.5, 0.6) is 0 Å². The lowest BCUT2D eigenvalue weighted by Gasteiger charge is -2.10. The van der Waals surface area contributed by atoms with Gasteiger partial charge in [0.1, 0.15) is 17.2 Å². The summed E-state index contributed by atoms with van der Waals surface area (Å²) in [5, 5.41) is 0. The van der Waals surface area contributed by atoms with Crippen LogP contribution in [0, 0.1) is 0 Å². The Balaban J connectivity index is 1.48. The van der Waals surface area contributed by atoms with Crippen LogP contribution in [0.3, 0.4) is 0 Å². The van der Waals surface area contributed by atoms with Crippen LogP contribution in [-0.2, 0) is 20.5 Å². The Hall–Kier alpha value is -4.33. The number of unbranched alkanes of at least 4 members (excludes halogenated alkanes) is 1. The predicted octanol–water partition coefficient (Wildman–Crippen LogP) is 5.11. The van der Waals surface area contributed by atoms with Gasteiger partial charge in [0.05, 0.1) is 5.52 Å². The molecule has 0 fully saturated rings. The fourth-order valence-corrected chi connectivity index (χ4v) is 4.64. The lowest BCUT2D eigenvalue weighted by molar-refractivity contribution is 0.709. The van der Waals surface area contributed by atoms with Crippen LogP contribution in [-0.4, -0.2) is 38.6 Å². The summed E-state index contributed by atoms with van der Waals surface area (Å²) in [6.45, 7) is 2.19. The average Bonchev–Trinajstić information content (AvgIpc) is 3.54. The minimum absolute atomic E-state index is 0.685. The number of benzene rings is 1. The van der Waals surface area contributed by atoms with E-state index < -0.39 is 0 Å². The van der Waals surface area contributed by atoms with Gasteiger partial charge >= 0.3 is 0 Å². The van der Waals surface area contributed by atoms with E-state index in [0.717, 1.165) is 70.6 Å². The molecule has 8 heteroatoms. The monoisotopic (exact) mass is 462 g/mol. The lowest BCUT2D eigenvalue weighted by Crippen LogP contribution is -2.04. The number of fused-ring (bicyclic) bond motifs is 2. The van der Waals surface area contributed by atoms with Crippen LogP contribution in [0.25, 0.3) is 51.2 Å². The number of para-hydroxylation sites is 1. The first kappa shape index (κ1) is 21.2. The van der Waals surface area contributed by atoms with E-state index in [2.05, 4.69) is 44.8 Å². The molecule has 1 aromatic carbocycles. The van der Waals surface area contributed by atoms with Gasteiger partial charge < -0.3 is 9.13 Å². The van der Waals surface area contributed by atoms with Crippen molar-refractivity contribution in [3.8, 4) is 28.7 Å². The molecular formula is C27H26N8. The second-order valence-corrected chi connectivity index (χ2v) is 8.69. The zero-order chi connectivity index (χ0) is 23.9. The predicted molar refractivity (Wildman–Crippen MR) is 137 cm³/mol. The first-order chi connectivity index (χ1) is 17.2. The molecular weight excluding hydrogens is 436 g/mol. The number of hydrogen-bond acceptors (Lipinski definition) is 5. The molecule has 0 saturated carbocycles. The topological polar surface area (TPSA) is 79.2 Å². The van der Waals surface area contributed by atoms with E-state index in [4.69, 9.17) is 19.9 Å². The fraction of sp³-hybridized carbons (Fsp3) is 0.222. The summed E-state index contributed by atoms with van der Waals surface area (Å²) in [7, 11) is 4.08. The van der Waals surface area contributed by atoms with Crippen molar-refractivity contribution in [3.05, 3.63) is 72.7 Å². The highest BCUT2D eigenvalue weighted by Gasteiger charge is 2.20. The van der Waals surface area contributed by atoms with Crippen molar-refractivity contribution < 1.29 is 0 Å². The summed E-state index contributed by atoms with van der Waals surface area (Å²) in [4.78, 5) is 24.0. The number of hydrogen-bond donors (Lipinski definition) is 0. The molecule has 0 unspecified atom stereocenters. The Morgan fingerprint density at radius 3 is 2.26 bits per heavy atom.